The lowest BCUT2D eigenvalue weighted by Crippen LogP contribution is -2.35. The maximum Gasteiger partial charge on any atom is 0.262 e. The van der Waals surface area contributed by atoms with Crippen molar-refractivity contribution in [3.63, 3.8) is 0 Å². The third-order valence-corrected chi connectivity index (χ3v) is 13.9. The molecule has 4 aromatic heterocycles. The van der Waals surface area contributed by atoms with Crippen molar-refractivity contribution in [2.45, 2.75) is 50.6 Å². The van der Waals surface area contributed by atoms with Gasteiger partial charge in [-0.1, -0.05) is 72.8 Å². The molecule has 4 atom stereocenters. The minimum Gasteiger partial charge on any atom is -0.388 e. The number of nitrogens with one attached hydrogen (secondary N) is 1. The summed E-state index contributed by atoms with van der Waals surface area (Å²) in [5.74, 6) is -1.42. The number of carbonyl (C=O) groups is 4. The highest BCUT2D eigenvalue weighted by Gasteiger charge is 2.42. The predicted octanol–water partition coefficient (Wildman–Crippen LogP) is 5.39. The minimum atomic E-state index is -0.980. The van der Waals surface area contributed by atoms with E-state index < -0.39 is 36.2 Å². The van der Waals surface area contributed by atoms with E-state index in [1.807, 2.05) is 115 Å². The van der Waals surface area contributed by atoms with Crippen LogP contribution < -0.4 is 5.32 Å². The zero-order valence-electron chi connectivity index (χ0n) is 33.5. The Morgan fingerprint density at radius 2 is 0.667 bits per heavy atom. The molecule has 0 radical (unpaired) electrons. The van der Waals surface area contributed by atoms with Crippen molar-refractivity contribution in [1.82, 2.24) is 28.5 Å². The predicted molar refractivity (Wildman–Crippen MR) is 237 cm³/mol. The third-order valence-electron chi connectivity index (χ3n) is 13.9. The summed E-state index contributed by atoms with van der Waals surface area (Å²) in [7, 11) is 1.52. The minimum absolute atomic E-state index is 0.191. The molecule has 10 aromatic rings. The monoisotopic (exact) mass is 836 g/mol. The molecule has 0 spiro atoms. The van der Waals surface area contributed by atoms with Crippen molar-refractivity contribution >= 4 is 111 Å². The topological polar surface area (TPSA) is 184 Å². The van der Waals surface area contributed by atoms with Crippen molar-refractivity contribution in [2.24, 2.45) is 0 Å². The van der Waals surface area contributed by atoms with Crippen molar-refractivity contribution < 1.29 is 39.6 Å². The number of carbonyl (C=O) groups excluding carboxylic acids is 4. The quantitative estimate of drug-likeness (QED) is 0.126. The SMILES string of the molecule is CN1C(=O)c2c(c3c4ccccc4n4c3c3c2c2ccccc2n3CC(O)C(O)C4)C1=O.O=C1NC(=O)c2c1c1c3ccccc3n3c1c1c2c2ccccc2n1CC(O)C(O)C3. The van der Waals surface area contributed by atoms with Gasteiger partial charge in [0.25, 0.3) is 23.6 Å². The number of rotatable bonds is 0. The fraction of sp³-hybridized carbons (Fsp3) is 0.184. The molecule has 0 fully saturated rings. The highest BCUT2D eigenvalue weighted by molar-refractivity contribution is 6.41. The van der Waals surface area contributed by atoms with E-state index in [2.05, 4.69) is 5.32 Å². The number of aliphatic hydroxyl groups excluding tert-OH is 4. The molecule has 14 heteroatoms. The van der Waals surface area contributed by atoms with E-state index in [0.717, 1.165) is 76.5 Å². The first-order chi connectivity index (χ1) is 30.5. The lowest BCUT2D eigenvalue weighted by Gasteiger charge is -2.24. The van der Waals surface area contributed by atoms with E-state index >= 15 is 0 Å². The standard InChI is InChI=1S/C25H19N3O4.C24H17N3O4/c1-26-24(31)20-18-12-6-2-4-8-14(12)27-10-16(29)17(30)11-28-15-9-5-3-7-13(15)19(21(20)25(26)32)23(28)22(18)27;28-15-9-26-13-7-3-1-5-11(13)17-19-20(24(31)25-23(19)30)18-12-6-2-4-8-14(12)27(10-16(15)29)22(18)21(17)26/h2-9,16-17,29-30H,10-11H2,1H3;1-8,15-16,28-29H,9-10H2,(H,25,30,31). The summed E-state index contributed by atoms with van der Waals surface area (Å²) in [6.07, 6.45) is -3.92. The maximum absolute atomic E-state index is 13.3. The van der Waals surface area contributed by atoms with Crippen LogP contribution in [0, 0.1) is 0 Å². The van der Waals surface area contributed by atoms with Gasteiger partial charge in [0.2, 0.25) is 0 Å². The first-order valence-corrected chi connectivity index (χ1v) is 20.9. The molecule has 4 amide bonds. The molecule has 0 bridgehead atoms. The molecule has 6 aromatic carbocycles. The molecule has 63 heavy (non-hydrogen) atoms. The summed E-state index contributed by atoms with van der Waals surface area (Å²) >= 11 is 0. The van der Waals surface area contributed by atoms with E-state index in [1.165, 1.54) is 11.9 Å². The molecule has 14 nitrogen and oxygen atoms in total. The second kappa shape index (κ2) is 12.4. The van der Waals surface area contributed by atoms with Gasteiger partial charge in [-0.15, -0.1) is 0 Å². The Balaban J connectivity index is 0.000000128. The largest absolute Gasteiger partial charge is 0.388 e. The average Bonchev–Trinajstić information content (AvgIpc) is 4.09. The van der Waals surface area contributed by atoms with Gasteiger partial charge in [-0.3, -0.25) is 29.4 Å². The number of para-hydroxylation sites is 4. The number of benzene rings is 6. The molecule has 4 aliphatic rings. The lowest BCUT2D eigenvalue weighted by molar-refractivity contribution is 0.00168. The second-order valence-corrected chi connectivity index (χ2v) is 17.1. The highest BCUT2D eigenvalue weighted by atomic mass is 16.3. The maximum atomic E-state index is 13.3. The van der Waals surface area contributed by atoms with Gasteiger partial charge in [-0.2, -0.15) is 0 Å². The molecule has 0 aliphatic carbocycles. The van der Waals surface area contributed by atoms with Gasteiger partial charge in [0, 0.05) is 72.2 Å². The van der Waals surface area contributed by atoms with Crippen LogP contribution in [0.15, 0.2) is 97.1 Å². The van der Waals surface area contributed by atoms with E-state index in [4.69, 9.17) is 0 Å². The van der Waals surface area contributed by atoms with Gasteiger partial charge in [0.15, 0.2) is 0 Å². The average molecular weight is 837 g/mol. The van der Waals surface area contributed by atoms with Crippen LogP contribution in [0.3, 0.4) is 0 Å². The second-order valence-electron chi connectivity index (χ2n) is 17.1. The Morgan fingerprint density at radius 1 is 0.413 bits per heavy atom. The van der Waals surface area contributed by atoms with Gasteiger partial charge in [-0.05, 0) is 24.3 Å². The van der Waals surface area contributed by atoms with E-state index in [9.17, 15) is 39.6 Å². The van der Waals surface area contributed by atoms with Gasteiger partial charge in [0.05, 0.1) is 94.9 Å². The molecule has 8 heterocycles. The molecule has 0 saturated carbocycles. The summed E-state index contributed by atoms with van der Waals surface area (Å²) in [6, 6.07) is 30.8. The van der Waals surface area contributed by atoms with Crippen LogP contribution in [0.4, 0.5) is 0 Å². The number of hydrogen-bond donors (Lipinski definition) is 5. The molecule has 310 valence electrons. The van der Waals surface area contributed by atoms with Crippen molar-refractivity contribution in [1.29, 1.82) is 0 Å². The Bertz CT molecular complexity index is 3570. The van der Waals surface area contributed by atoms with Crippen LogP contribution in [0.25, 0.3) is 87.2 Å². The molecular formula is C49H36N6O8. The van der Waals surface area contributed by atoms with Crippen LogP contribution >= 0.6 is 0 Å². The number of amides is 4. The smallest absolute Gasteiger partial charge is 0.262 e. The molecule has 4 unspecified atom stereocenters. The van der Waals surface area contributed by atoms with E-state index in [0.29, 0.717) is 33.0 Å². The van der Waals surface area contributed by atoms with Gasteiger partial charge < -0.3 is 38.7 Å². The normalized spacial score (nSPS) is 20.7. The van der Waals surface area contributed by atoms with Crippen LogP contribution in [0.5, 0.6) is 0 Å². The molecule has 14 rings (SSSR count). The number of nitrogens with zero attached hydrogens (tertiary/aromatic N) is 5. The molecular weight excluding hydrogens is 801 g/mol. The van der Waals surface area contributed by atoms with Crippen LogP contribution in [-0.2, 0) is 26.2 Å². The van der Waals surface area contributed by atoms with E-state index in [1.54, 1.807) is 0 Å². The van der Waals surface area contributed by atoms with Crippen molar-refractivity contribution in [3.8, 4) is 0 Å². The van der Waals surface area contributed by atoms with E-state index in [-0.39, 0.29) is 38.0 Å². The van der Waals surface area contributed by atoms with Crippen molar-refractivity contribution in [3.05, 3.63) is 119 Å². The summed E-state index contributed by atoms with van der Waals surface area (Å²) < 4.78 is 7.94. The Kier molecular flexibility index (Phi) is 7.14. The fourth-order valence-corrected chi connectivity index (χ4v) is 11.2. The van der Waals surface area contributed by atoms with Gasteiger partial charge in [0.1, 0.15) is 0 Å². The lowest BCUT2D eigenvalue weighted by atomic mass is 9.96. The zero-order valence-corrected chi connectivity index (χ0v) is 33.5. The molecule has 5 N–H and O–H groups in total. The Hall–Kier alpha value is -7.36. The van der Waals surface area contributed by atoms with Gasteiger partial charge >= 0.3 is 0 Å². The fourth-order valence-electron chi connectivity index (χ4n) is 11.2. The van der Waals surface area contributed by atoms with Gasteiger partial charge in [-0.25, -0.2) is 0 Å². The first kappa shape index (κ1) is 36.3. The molecule has 0 saturated heterocycles. The van der Waals surface area contributed by atoms with Crippen LogP contribution in [0.1, 0.15) is 41.4 Å². The number of imide groups is 2. The summed E-state index contributed by atoms with van der Waals surface area (Å²) in [6.45, 7) is 0.767. The number of hydrogen-bond acceptors (Lipinski definition) is 8. The highest BCUT2D eigenvalue weighted by Crippen LogP contribution is 2.48. The summed E-state index contributed by atoms with van der Waals surface area (Å²) in [5.41, 5.74) is 8.30. The Labute approximate surface area is 354 Å². The van der Waals surface area contributed by atoms with Crippen LogP contribution in [0.2, 0.25) is 0 Å². The number of aliphatic hydroxyl groups is 4. The van der Waals surface area contributed by atoms with Crippen LogP contribution in [-0.4, -0.2) is 98.7 Å². The van der Waals surface area contributed by atoms with Crippen molar-refractivity contribution in [2.75, 3.05) is 7.05 Å². The first-order valence-electron chi connectivity index (χ1n) is 20.9. The zero-order chi connectivity index (χ0) is 42.9. The Morgan fingerprint density at radius 3 is 0.952 bits per heavy atom. The third kappa shape index (κ3) is 4.44. The molecule has 4 aliphatic heterocycles. The summed E-state index contributed by atoms with van der Waals surface area (Å²) in [4.78, 5) is 53.8. The number of fused-ring (bicyclic) bond motifs is 18. The summed E-state index contributed by atoms with van der Waals surface area (Å²) in [5, 5.41) is 52.0. The number of aromatic nitrogens is 4.